The number of hydrogen-bond acceptors (Lipinski definition) is 8. The van der Waals surface area contributed by atoms with Gasteiger partial charge in [0.25, 0.3) is 5.91 Å². The molecule has 1 aromatic carbocycles. The lowest BCUT2D eigenvalue weighted by molar-refractivity contribution is -0.143. The van der Waals surface area contributed by atoms with Gasteiger partial charge in [-0.1, -0.05) is 70.9 Å². The number of halogens is 2. The van der Waals surface area contributed by atoms with Crippen molar-refractivity contribution in [3.05, 3.63) is 35.9 Å². The van der Waals surface area contributed by atoms with Crippen LogP contribution in [0.4, 0.5) is 13.6 Å². The number of ether oxygens (including phenoxy) is 1. The van der Waals surface area contributed by atoms with E-state index in [1.54, 1.807) is 6.92 Å². The van der Waals surface area contributed by atoms with Crippen molar-refractivity contribution in [1.82, 2.24) is 26.2 Å². The van der Waals surface area contributed by atoms with Gasteiger partial charge in [-0.25, -0.2) is 13.6 Å². The largest absolute Gasteiger partial charge is 0.428 e. The molecule has 302 valence electrons. The van der Waals surface area contributed by atoms with Gasteiger partial charge in [-0.05, 0) is 69.3 Å². The van der Waals surface area contributed by atoms with Crippen LogP contribution in [-0.2, 0) is 28.7 Å². The first-order chi connectivity index (χ1) is 25.4. The molecule has 2 aliphatic rings. The molecular formula is C39H60F2N6O7. The number of likely N-dealkylation sites (tertiary alicyclic amines) is 1. The van der Waals surface area contributed by atoms with Gasteiger partial charge in [0.1, 0.15) is 12.1 Å². The third-order valence-electron chi connectivity index (χ3n) is 10.5. The number of nitrogens with two attached hydrogens (primary N) is 1. The van der Waals surface area contributed by atoms with Crippen LogP contribution in [-0.4, -0.2) is 83.3 Å². The van der Waals surface area contributed by atoms with Gasteiger partial charge in [0.15, 0.2) is 5.72 Å². The molecule has 1 aliphatic carbocycles. The Morgan fingerprint density at radius 1 is 1.02 bits per heavy atom. The number of Topliss-reactive ketones (excluding diaryl/α,β-unsaturated/α-hetero) is 1. The first kappa shape index (κ1) is 44.3. The van der Waals surface area contributed by atoms with Gasteiger partial charge in [-0.2, -0.15) is 0 Å². The lowest BCUT2D eigenvalue weighted by atomic mass is 9.90. The van der Waals surface area contributed by atoms with E-state index in [-0.39, 0.29) is 62.9 Å². The fourth-order valence-corrected chi connectivity index (χ4v) is 7.23. The van der Waals surface area contributed by atoms with E-state index in [1.807, 2.05) is 58.0 Å². The molecule has 0 radical (unpaired) electrons. The van der Waals surface area contributed by atoms with Crippen molar-refractivity contribution < 1.29 is 42.3 Å². The van der Waals surface area contributed by atoms with Crippen molar-refractivity contribution in [3.8, 4) is 0 Å². The molecule has 54 heavy (non-hydrogen) atoms. The highest BCUT2D eigenvalue weighted by atomic mass is 19.3. The summed E-state index contributed by atoms with van der Waals surface area (Å²) in [5.74, 6) is -7.57. The third kappa shape index (κ3) is 13.3. The number of nitrogens with zero attached hydrogens (tertiary/aromatic N) is 1. The molecule has 15 heteroatoms. The summed E-state index contributed by atoms with van der Waals surface area (Å²) in [6.45, 7) is 10.5. The summed E-state index contributed by atoms with van der Waals surface area (Å²) >= 11 is 0. The van der Waals surface area contributed by atoms with Crippen LogP contribution >= 0.6 is 0 Å². The minimum atomic E-state index is -2.90. The SMILES string of the molecule is CCCC(C)(N)OC(=O)NC(C(=O)N1C[C@H](C)CC1C(=O)NC(CC(C)CC)C(=O)C(=O)NCC(=O)NC(C)c1ccccc1)C1CCCC(F)(F)CC1. The van der Waals surface area contributed by atoms with Crippen LogP contribution in [0, 0.1) is 17.8 Å². The average Bonchev–Trinajstić information content (AvgIpc) is 3.42. The molecule has 3 rings (SSSR count). The Bertz CT molecular complexity index is 1460. The van der Waals surface area contributed by atoms with Crippen LogP contribution in [0.2, 0.25) is 0 Å². The molecule has 5 amide bonds. The van der Waals surface area contributed by atoms with Gasteiger partial charge in [-0.3, -0.25) is 29.7 Å². The van der Waals surface area contributed by atoms with Crippen molar-refractivity contribution in [2.75, 3.05) is 13.1 Å². The summed E-state index contributed by atoms with van der Waals surface area (Å²) in [7, 11) is 0. The monoisotopic (exact) mass is 762 g/mol. The smallest absolute Gasteiger partial charge is 0.409 e. The van der Waals surface area contributed by atoms with Crippen molar-refractivity contribution >= 4 is 35.5 Å². The molecule has 2 fully saturated rings. The van der Waals surface area contributed by atoms with E-state index in [0.29, 0.717) is 19.3 Å². The highest BCUT2D eigenvalue weighted by Gasteiger charge is 2.45. The minimum absolute atomic E-state index is 0.0391. The van der Waals surface area contributed by atoms with Crippen molar-refractivity contribution in [2.24, 2.45) is 23.5 Å². The number of alkyl halides is 2. The zero-order valence-corrected chi connectivity index (χ0v) is 32.6. The molecule has 0 aromatic heterocycles. The molecule has 6 N–H and O–H groups in total. The van der Waals surface area contributed by atoms with E-state index in [4.69, 9.17) is 10.5 Å². The lowest BCUT2D eigenvalue weighted by Gasteiger charge is -2.34. The van der Waals surface area contributed by atoms with Crippen LogP contribution in [0.25, 0.3) is 0 Å². The Morgan fingerprint density at radius 2 is 1.70 bits per heavy atom. The Balaban J connectivity index is 1.77. The van der Waals surface area contributed by atoms with E-state index in [9.17, 15) is 37.5 Å². The number of amides is 5. The Kier molecular flexibility index (Phi) is 16.4. The summed E-state index contributed by atoms with van der Waals surface area (Å²) in [6, 6.07) is 5.29. The number of ketones is 1. The molecule has 7 unspecified atom stereocenters. The van der Waals surface area contributed by atoms with Gasteiger partial charge < -0.3 is 30.9 Å². The number of carbonyl (C=O) groups excluding carboxylic acids is 6. The summed E-state index contributed by atoms with van der Waals surface area (Å²) < 4.78 is 34.2. The Labute approximate surface area is 317 Å². The quantitative estimate of drug-likeness (QED) is 0.0872. The van der Waals surface area contributed by atoms with E-state index in [0.717, 1.165) is 5.56 Å². The fraction of sp³-hybridized carbons (Fsp3) is 0.692. The molecular weight excluding hydrogens is 702 g/mol. The van der Waals surface area contributed by atoms with Crippen molar-refractivity contribution in [2.45, 2.75) is 142 Å². The predicted molar refractivity (Wildman–Crippen MR) is 199 cm³/mol. The van der Waals surface area contributed by atoms with Crippen LogP contribution < -0.4 is 27.0 Å². The van der Waals surface area contributed by atoms with Crippen LogP contribution in [0.5, 0.6) is 0 Å². The topological polar surface area (TPSA) is 189 Å². The van der Waals surface area contributed by atoms with Gasteiger partial charge in [0.2, 0.25) is 29.4 Å². The van der Waals surface area contributed by atoms with E-state index < -0.39 is 84.2 Å². The Hall–Kier alpha value is -4.14. The number of rotatable bonds is 17. The molecule has 1 heterocycles. The van der Waals surface area contributed by atoms with Gasteiger partial charge >= 0.3 is 6.09 Å². The number of hydrogen-bond donors (Lipinski definition) is 5. The van der Waals surface area contributed by atoms with Gasteiger partial charge in [-0.15, -0.1) is 0 Å². The van der Waals surface area contributed by atoms with E-state index >= 15 is 0 Å². The highest BCUT2D eigenvalue weighted by molar-refractivity contribution is 6.38. The molecule has 13 nitrogen and oxygen atoms in total. The number of benzene rings is 1. The normalized spacial score (nSPS) is 23.0. The molecule has 1 saturated carbocycles. The molecule has 8 atom stereocenters. The minimum Gasteiger partial charge on any atom is -0.428 e. The summed E-state index contributed by atoms with van der Waals surface area (Å²) in [4.78, 5) is 81.9. The summed E-state index contributed by atoms with van der Waals surface area (Å²) in [5, 5.41) is 10.4. The number of alkyl carbamates (subject to hydrolysis) is 1. The molecule has 1 aromatic rings. The molecule has 0 bridgehead atoms. The van der Waals surface area contributed by atoms with Gasteiger partial charge in [0.05, 0.1) is 18.6 Å². The van der Waals surface area contributed by atoms with E-state index in [1.165, 1.54) is 11.8 Å². The van der Waals surface area contributed by atoms with E-state index in [2.05, 4.69) is 21.3 Å². The fourth-order valence-electron chi connectivity index (χ4n) is 7.23. The second-order valence-corrected chi connectivity index (χ2v) is 15.5. The van der Waals surface area contributed by atoms with Crippen molar-refractivity contribution in [3.63, 3.8) is 0 Å². The summed E-state index contributed by atoms with van der Waals surface area (Å²) in [5.41, 5.74) is 5.66. The maximum Gasteiger partial charge on any atom is 0.409 e. The maximum absolute atomic E-state index is 14.4. The third-order valence-corrected chi connectivity index (χ3v) is 10.5. The second-order valence-electron chi connectivity index (χ2n) is 15.5. The van der Waals surface area contributed by atoms with Crippen LogP contribution in [0.3, 0.4) is 0 Å². The maximum atomic E-state index is 14.4. The van der Waals surface area contributed by atoms with Crippen LogP contribution in [0.1, 0.15) is 117 Å². The highest BCUT2D eigenvalue weighted by Crippen LogP contribution is 2.37. The van der Waals surface area contributed by atoms with Crippen molar-refractivity contribution in [1.29, 1.82) is 0 Å². The predicted octanol–water partition coefficient (Wildman–Crippen LogP) is 4.49. The lowest BCUT2D eigenvalue weighted by Crippen LogP contribution is -2.58. The second kappa shape index (κ2) is 20.0. The van der Waals surface area contributed by atoms with Gasteiger partial charge in [0, 0.05) is 25.8 Å². The zero-order chi connectivity index (χ0) is 40.2. The standard InChI is InChI=1S/C39H60F2N6O7/c1-7-17-38(6,42)54-37(53)46-32(28-15-12-18-39(40,41)19-16-28)36(52)47-23-25(4)21-30(47)34(50)45-29(20-24(3)8-2)33(49)35(51)43-22-31(48)44-26(5)27-13-10-9-11-14-27/h9-11,13-14,24-26,28-30,32H,7-8,12,15-23,42H2,1-6H3,(H,43,51)(H,44,48)(H,45,50)(H,46,53)/t24?,25-,26?,28?,29?,30?,32?,38?/m1/s1. The first-order valence-corrected chi connectivity index (χ1v) is 19.3. The number of carbonyl (C=O) groups is 6. The molecule has 0 spiro atoms. The molecule has 1 saturated heterocycles. The average molecular weight is 763 g/mol. The molecule has 1 aliphatic heterocycles. The summed E-state index contributed by atoms with van der Waals surface area (Å²) in [6.07, 6.45) is 0.540. The Morgan fingerprint density at radius 3 is 2.35 bits per heavy atom. The zero-order valence-electron chi connectivity index (χ0n) is 32.6. The van der Waals surface area contributed by atoms with Crippen LogP contribution in [0.15, 0.2) is 30.3 Å². The number of nitrogens with one attached hydrogen (secondary N) is 4. The first-order valence-electron chi connectivity index (χ1n) is 19.3.